The first-order valence-electron chi connectivity index (χ1n) is 11.0. The second-order valence-electron chi connectivity index (χ2n) is 8.44. The molecule has 2 atom stereocenters. The molecule has 0 unspecified atom stereocenters. The second-order valence-corrected chi connectivity index (χ2v) is 9.96. The molecule has 33 heavy (non-hydrogen) atoms. The zero-order valence-electron chi connectivity index (χ0n) is 19.4. The lowest BCUT2D eigenvalue weighted by molar-refractivity contribution is -0.144. The van der Waals surface area contributed by atoms with Gasteiger partial charge in [-0.3, -0.25) is 0 Å². The van der Waals surface area contributed by atoms with Gasteiger partial charge in [0.2, 0.25) is 5.76 Å². The fourth-order valence-electron chi connectivity index (χ4n) is 3.65. The van der Waals surface area contributed by atoms with Gasteiger partial charge >= 0.3 is 5.97 Å². The van der Waals surface area contributed by atoms with Crippen LogP contribution in [-0.4, -0.2) is 54.4 Å². The molecule has 0 saturated heterocycles. The molecule has 0 saturated carbocycles. The number of aliphatic hydroxyl groups excluding tert-OH is 2. The van der Waals surface area contributed by atoms with Crippen LogP contribution in [0.4, 0.5) is 11.4 Å². The molecule has 178 valence electrons. The highest BCUT2D eigenvalue weighted by atomic mass is 35.5. The summed E-state index contributed by atoms with van der Waals surface area (Å²) in [7, 11) is 4.23. The normalized spacial score (nSPS) is 17.8. The molecule has 2 aliphatic heterocycles. The summed E-state index contributed by atoms with van der Waals surface area (Å²) in [6.07, 6.45) is 1.23. The van der Waals surface area contributed by atoms with Gasteiger partial charge in [-0.25, -0.2) is 4.79 Å². The third-order valence-electron chi connectivity index (χ3n) is 5.68. The van der Waals surface area contributed by atoms with Gasteiger partial charge in [0.05, 0.1) is 11.4 Å². The highest BCUT2D eigenvalue weighted by Crippen LogP contribution is 2.48. The molecule has 0 radical (unpaired) electrons. The monoisotopic (exact) mass is 490 g/mol. The number of ether oxygens (including phenoxy) is 1. The van der Waals surface area contributed by atoms with E-state index in [4.69, 9.17) is 21.4 Å². The number of fused-ring (bicyclic) bond motifs is 2. The number of esters is 1. The second kappa shape index (κ2) is 11.2. The largest absolute Gasteiger partial charge is 0.505 e. The predicted molar refractivity (Wildman–Crippen MR) is 134 cm³/mol. The van der Waals surface area contributed by atoms with Crippen LogP contribution in [0.1, 0.15) is 26.7 Å². The Balaban J connectivity index is 0.000000218. The van der Waals surface area contributed by atoms with Crippen LogP contribution in [0.15, 0.2) is 63.8 Å². The van der Waals surface area contributed by atoms with E-state index in [0.29, 0.717) is 0 Å². The van der Waals surface area contributed by atoms with Crippen LogP contribution in [-0.2, 0) is 9.53 Å². The summed E-state index contributed by atoms with van der Waals surface area (Å²) in [6.45, 7) is 5.85. The number of para-hydroxylation sites is 1. The van der Waals surface area contributed by atoms with Crippen molar-refractivity contribution in [2.24, 2.45) is 5.92 Å². The number of carbonyl (C=O) groups excluding carboxylic acids is 1. The van der Waals surface area contributed by atoms with Crippen LogP contribution >= 0.6 is 23.4 Å². The maximum atomic E-state index is 10.7. The van der Waals surface area contributed by atoms with Crippen molar-refractivity contribution >= 4 is 40.7 Å². The molecule has 2 aliphatic rings. The van der Waals surface area contributed by atoms with Crippen molar-refractivity contribution in [2.75, 3.05) is 32.1 Å². The smallest absolute Gasteiger partial charge is 0.377 e. The third-order valence-corrected chi connectivity index (χ3v) is 7.04. The third kappa shape index (κ3) is 5.96. The number of nitrogens with zero attached hydrogens (tertiary/aromatic N) is 2. The summed E-state index contributed by atoms with van der Waals surface area (Å²) in [5.41, 5.74) is 2.51. The van der Waals surface area contributed by atoms with Crippen LogP contribution in [0.3, 0.4) is 0 Å². The first-order valence-corrected chi connectivity index (χ1v) is 12.2. The molecule has 0 fully saturated rings. The van der Waals surface area contributed by atoms with Gasteiger partial charge in [0.1, 0.15) is 0 Å². The van der Waals surface area contributed by atoms with E-state index in [1.807, 2.05) is 31.7 Å². The molecule has 6 nitrogen and oxygen atoms in total. The van der Waals surface area contributed by atoms with Gasteiger partial charge in [0.25, 0.3) is 0 Å². The van der Waals surface area contributed by atoms with Crippen molar-refractivity contribution in [3.8, 4) is 0 Å². The number of carbonyl (C=O) groups is 1. The summed E-state index contributed by atoms with van der Waals surface area (Å²) >= 11 is 8.03. The number of anilines is 2. The molecule has 2 aromatic rings. The maximum Gasteiger partial charge on any atom is 0.377 e. The minimum Gasteiger partial charge on any atom is -0.505 e. The number of benzene rings is 2. The summed E-state index contributed by atoms with van der Waals surface area (Å²) < 4.78 is 4.73. The number of halogens is 1. The molecule has 2 N–H and O–H groups in total. The Morgan fingerprint density at radius 1 is 1.15 bits per heavy atom. The number of cyclic esters (lactones) is 1. The molecule has 8 heteroatoms. The molecular weight excluding hydrogens is 460 g/mol. The predicted octanol–water partition coefficient (Wildman–Crippen LogP) is 6.18. The van der Waals surface area contributed by atoms with Gasteiger partial charge in [-0.05, 0) is 63.8 Å². The van der Waals surface area contributed by atoms with Gasteiger partial charge in [-0.15, -0.1) is 0 Å². The zero-order chi connectivity index (χ0) is 24.1. The van der Waals surface area contributed by atoms with E-state index in [-0.39, 0.29) is 11.7 Å². The Bertz CT molecular complexity index is 1030. The lowest BCUT2D eigenvalue weighted by atomic mass is 10.0. The Morgan fingerprint density at radius 3 is 2.48 bits per heavy atom. The molecule has 0 aliphatic carbocycles. The number of rotatable bonds is 6. The standard InChI is InChI=1S/C17H19ClN2S.C8H12O4/c1-19(2)10-5-11-20-14-6-3-4-7-16(14)21-17-9-8-13(18)12-15(17)20;1-3-4(2)7-5(9)6(10)8(11)12-7/h3-4,6-9,12H,5,10-11H2,1-2H3;4,7,9-10H,3H2,1-2H3/t;4-,7+/m.0/s1. The molecule has 2 aromatic carbocycles. The van der Waals surface area contributed by atoms with Crippen LogP contribution < -0.4 is 4.90 Å². The van der Waals surface area contributed by atoms with Gasteiger partial charge in [0.15, 0.2) is 11.9 Å². The van der Waals surface area contributed by atoms with E-state index in [1.54, 1.807) is 0 Å². The van der Waals surface area contributed by atoms with E-state index in [0.717, 1.165) is 31.0 Å². The number of aliphatic hydroxyl groups is 2. The highest BCUT2D eigenvalue weighted by molar-refractivity contribution is 7.99. The number of hydrogen-bond donors (Lipinski definition) is 2. The Morgan fingerprint density at radius 2 is 1.85 bits per heavy atom. The Hall–Kier alpha value is -2.35. The summed E-state index contributed by atoms with van der Waals surface area (Å²) in [5, 5.41) is 18.9. The average molecular weight is 491 g/mol. The molecule has 0 aromatic heterocycles. The first-order chi connectivity index (χ1) is 15.7. The minimum absolute atomic E-state index is 0.0265. The summed E-state index contributed by atoms with van der Waals surface area (Å²) in [6, 6.07) is 14.8. The van der Waals surface area contributed by atoms with Crippen LogP contribution in [0.25, 0.3) is 0 Å². The van der Waals surface area contributed by atoms with E-state index in [2.05, 4.69) is 60.3 Å². The first kappa shape index (κ1) is 25.3. The van der Waals surface area contributed by atoms with Crippen LogP contribution in [0.5, 0.6) is 0 Å². The Kier molecular flexibility index (Phi) is 8.57. The van der Waals surface area contributed by atoms with Gasteiger partial charge in [-0.2, -0.15) is 0 Å². The van der Waals surface area contributed by atoms with Gasteiger partial charge in [0, 0.05) is 27.3 Å². The summed E-state index contributed by atoms with van der Waals surface area (Å²) in [4.78, 5) is 17.9. The van der Waals surface area contributed by atoms with Gasteiger partial charge in [-0.1, -0.05) is 49.3 Å². The van der Waals surface area contributed by atoms with Crippen molar-refractivity contribution in [3.63, 3.8) is 0 Å². The topological polar surface area (TPSA) is 73.2 Å². The van der Waals surface area contributed by atoms with Crippen molar-refractivity contribution in [3.05, 3.63) is 59.0 Å². The summed E-state index contributed by atoms with van der Waals surface area (Å²) in [5.74, 6) is -1.80. The van der Waals surface area contributed by atoms with Crippen molar-refractivity contribution in [1.82, 2.24) is 4.90 Å². The van der Waals surface area contributed by atoms with Crippen molar-refractivity contribution in [1.29, 1.82) is 0 Å². The minimum atomic E-state index is -0.835. The SMILES string of the molecule is CC[C@H](C)[C@H]1OC(=O)C(O)=C1O.CN(C)CCCN1c2ccccc2Sc2ccc(Cl)cc21. The molecule has 2 heterocycles. The molecule has 0 spiro atoms. The lowest BCUT2D eigenvalue weighted by Crippen LogP contribution is -2.25. The van der Waals surface area contributed by atoms with E-state index < -0.39 is 17.8 Å². The van der Waals surface area contributed by atoms with E-state index in [1.165, 1.54) is 21.2 Å². The van der Waals surface area contributed by atoms with Crippen molar-refractivity contribution in [2.45, 2.75) is 42.6 Å². The zero-order valence-corrected chi connectivity index (χ0v) is 21.0. The lowest BCUT2D eigenvalue weighted by Gasteiger charge is -2.33. The van der Waals surface area contributed by atoms with Crippen LogP contribution in [0, 0.1) is 5.92 Å². The molecule has 0 bridgehead atoms. The maximum absolute atomic E-state index is 10.7. The number of hydrogen-bond acceptors (Lipinski definition) is 7. The van der Waals surface area contributed by atoms with E-state index >= 15 is 0 Å². The molecule has 0 amide bonds. The van der Waals surface area contributed by atoms with E-state index in [9.17, 15) is 9.90 Å². The highest BCUT2D eigenvalue weighted by Gasteiger charge is 2.37. The molecule has 4 rings (SSSR count). The Labute approximate surface area is 204 Å². The van der Waals surface area contributed by atoms with Crippen LogP contribution in [0.2, 0.25) is 5.02 Å². The fraction of sp³-hybridized carbons (Fsp3) is 0.400. The quantitative estimate of drug-likeness (QED) is 0.468. The molecular formula is C25H31ClN2O4S. The average Bonchev–Trinajstić information content (AvgIpc) is 3.06. The van der Waals surface area contributed by atoms with Gasteiger partial charge < -0.3 is 24.7 Å². The van der Waals surface area contributed by atoms with Crippen molar-refractivity contribution < 1.29 is 19.7 Å². The fourth-order valence-corrected chi connectivity index (χ4v) is 4.90.